The number of carbonyl (C=O) groups is 1. The standard InChI is InChI=1S/C16H16BrNO2/c1-10-3-4-11(8-15(10)18)16(19)9-12-7-13(20-2)5-6-14(12)17/h3-8H,9,18H2,1-2H3. The third-order valence-corrected chi connectivity index (χ3v) is 3.98. The molecule has 104 valence electrons. The third kappa shape index (κ3) is 3.20. The van der Waals surface area contributed by atoms with Crippen molar-refractivity contribution >= 4 is 27.4 Å². The first kappa shape index (κ1) is 14.6. The summed E-state index contributed by atoms with van der Waals surface area (Å²) >= 11 is 3.45. The number of halogens is 1. The van der Waals surface area contributed by atoms with Crippen LogP contribution in [0, 0.1) is 6.92 Å². The highest BCUT2D eigenvalue weighted by atomic mass is 79.9. The zero-order valence-corrected chi connectivity index (χ0v) is 13.0. The molecule has 3 nitrogen and oxygen atoms in total. The minimum absolute atomic E-state index is 0.0330. The van der Waals surface area contributed by atoms with Crippen LogP contribution in [-0.4, -0.2) is 12.9 Å². The van der Waals surface area contributed by atoms with E-state index in [0.717, 1.165) is 21.3 Å². The molecule has 0 fully saturated rings. The lowest BCUT2D eigenvalue weighted by molar-refractivity contribution is 0.0993. The van der Waals surface area contributed by atoms with Crippen LogP contribution in [-0.2, 0) is 6.42 Å². The highest BCUT2D eigenvalue weighted by Gasteiger charge is 2.11. The number of nitrogen functional groups attached to an aromatic ring is 1. The van der Waals surface area contributed by atoms with Crippen LogP contribution in [0.4, 0.5) is 5.69 Å². The Hall–Kier alpha value is -1.81. The molecule has 20 heavy (non-hydrogen) atoms. The second-order valence-electron chi connectivity index (χ2n) is 4.63. The van der Waals surface area contributed by atoms with E-state index in [1.807, 2.05) is 37.3 Å². The molecule has 0 heterocycles. The van der Waals surface area contributed by atoms with Gasteiger partial charge in [0.05, 0.1) is 7.11 Å². The molecule has 0 saturated carbocycles. The zero-order valence-electron chi connectivity index (χ0n) is 11.4. The first-order valence-electron chi connectivity index (χ1n) is 6.23. The van der Waals surface area contributed by atoms with Crippen LogP contribution >= 0.6 is 15.9 Å². The summed E-state index contributed by atoms with van der Waals surface area (Å²) in [6.45, 7) is 1.92. The highest BCUT2D eigenvalue weighted by Crippen LogP contribution is 2.24. The Labute approximate surface area is 126 Å². The first-order valence-corrected chi connectivity index (χ1v) is 7.02. The van der Waals surface area contributed by atoms with Crippen molar-refractivity contribution in [1.82, 2.24) is 0 Å². The van der Waals surface area contributed by atoms with Gasteiger partial charge in [-0.05, 0) is 42.3 Å². The number of anilines is 1. The lowest BCUT2D eigenvalue weighted by Crippen LogP contribution is -2.05. The summed E-state index contributed by atoms with van der Waals surface area (Å²) in [7, 11) is 1.61. The van der Waals surface area contributed by atoms with Gasteiger partial charge in [0.1, 0.15) is 5.75 Å². The summed E-state index contributed by atoms with van der Waals surface area (Å²) in [5.41, 5.74) is 8.99. The molecule has 0 aliphatic rings. The van der Waals surface area contributed by atoms with Crippen LogP contribution < -0.4 is 10.5 Å². The Morgan fingerprint density at radius 2 is 2.00 bits per heavy atom. The molecule has 0 aliphatic heterocycles. The van der Waals surface area contributed by atoms with Gasteiger partial charge in [-0.15, -0.1) is 0 Å². The van der Waals surface area contributed by atoms with Crippen LogP contribution in [0.2, 0.25) is 0 Å². The van der Waals surface area contributed by atoms with Gasteiger partial charge in [-0.25, -0.2) is 0 Å². The van der Waals surface area contributed by atoms with E-state index in [1.165, 1.54) is 0 Å². The van der Waals surface area contributed by atoms with E-state index in [2.05, 4.69) is 15.9 Å². The van der Waals surface area contributed by atoms with Crippen molar-refractivity contribution in [2.24, 2.45) is 0 Å². The predicted molar refractivity (Wildman–Crippen MR) is 84.3 cm³/mol. The van der Waals surface area contributed by atoms with Crippen molar-refractivity contribution in [3.8, 4) is 5.75 Å². The maximum absolute atomic E-state index is 12.3. The molecular formula is C16H16BrNO2. The van der Waals surface area contributed by atoms with Crippen LogP contribution in [0.25, 0.3) is 0 Å². The van der Waals surface area contributed by atoms with Crippen molar-refractivity contribution in [1.29, 1.82) is 0 Å². The van der Waals surface area contributed by atoms with Crippen molar-refractivity contribution < 1.29 is 9.53 Å². The SMILES string of the molecule is COc1ccc(Br)c(CC(=O)c2ccc(C)c(N)c2)c1. The molecule has 2 N–H and O–H groups in total. The van der Waals surface area contributed by atoms with Crippen molar-refractivity contribution in [2.75, 3.05) is 12.8 Å². The van der Waals surface area contributed by atoms with Crippen molar-refractivity contribution in [3.05, 3.63) is 57.6 Å². The van der Waals surface area contributed by atoms with Crippen LogP contribution in [0.1, 0.15) is 21.5 Å². The number of ketones is 1. The fourth-order valence-corrected chi connectivity index (χ4v) is 2.29. The van der Waals surface area contributed by atoms with E-state index >= 15 is 0 Å². The van der Waals surface area contributed by atoms with Gasteiger partial charge in [-0.1, -0.05) is 28.1 Å². The number of nitrogens with two attached hydrogens (primary N) is 1. The van der Waals surface area contributed by atoms with Gasteiger partial charge < -0.3 is 10.5 Å². The van der Waals surface area contributed by atoms with E-state index < -0.39 is 0 Å². The summed E-state index contributed by atoms with van der Waals surface area (Å²) in [5.74, 6) is 0.769. The van der Waals surface area contributed by atoms with Gasteiger partial charge in [0.2, 0.25) is 0 Å². The van der Waals surface area contributed by atoms with E-state index in [0.29, 0.717) is 17.7 Å². The number of ether oxygens (including phenoxy) is 1. The first-order chi connectivity index (χ1) is 9.51. The average molecular weight is 334 g/mol. The van der Waals surface area contributed by atoms with Crippen LogP contribution in [0.15, 0.2) is 40.9 Å². The molecule has 0 amide bonds. The normalized spacial score (nSPS) is 10.3. The van der Waals surface area contributed by atoms with Crippen LogP contribution in [0.5, 0.6) is 5.75 Å². The van der Waals surface area contributed by atoms with E-state index in [1.54, 1.807) is 13.2 Å². The Kier molecular flexibility index (Phi) is 4.45. The molecule has 2 aromatic rings. The number of rotatable bonds is 4. The quantitative estimate of drug-likeness (QED) is 0.684. The topological polar surface area (TPSA) is 52.3 Å². The number of aryl methyl sites for hydroxylation is 1. The van der Waals surface area contributed by atoms with E-state index in [-0.39, 0.29) is 5.78 Å². The highest BCUT2D eigenvalue weighted by molar-refractivity contribution is 9.10. The van der Waals surface area contributed by atoms with Gasteiger partial charge in [-0.3, -0.25) is 4.79 Å². The average Bonchev–Trinajstić information content (AvgIpc) is 2.44. The monoisotopic (exact) mass is 333 g/mol. The molecule has 0 bridgehead atoms. The molecule has 0 saturated heterocycles. The predicted octanol–water partition coefficient (Wildman–Crippen LogP) is 3.77. The lowest BCUT2D eigenvalue weighted by Gasteiger charge is -2.08. The number of methoxy groups -OCH3 is 1. The minimum Gasteiger partial charge on any atom is -0.497 e. The van der Waals surface area contributed by atoms with Gasteiger partial charge in [-0.2, -0.15) is 0 Å². The van der Waals surface area contributed by atoms with Gasteiger partial charge in [0, 0.05) is 22.1 Å². The molecular weight excluding hydrogens is 318 g/mol. The van der Waals surface area contributed by atoms with Gasteiger partial charge in [0.15, 0.2) is 5.78 Å². The van der Waals surface area contributed by atoms with E-state index in [4.69, 9.17) is 10.5 Å². The maximum Gasteiger partial charge on any atom is 0.167 e. The lowest BCUT2D eigenvalue weighted by atomic mass is 10.0. The smallest absolute Gasteiger partial charge is 0.167 e. The molecule has 0 aromatic heterocycles. The molecule has 0 spiro atoms. The Morgan fingerprint density at radius 1 is 1.25 bits per heavy atom. The number of hydrogen-bond acceptors (Lipinski definition) is 3. The maximum atomic E-state index is 12.3. The molecule has 2 rings (SSSR count). The number of benzene rings is 2. The number of hydrogen-bond donors (Lipinski definition) is 1. The molecule has 0 atom stereocenters. The molecule has 0 unspecified atom stereocenters. The summed E-state index contributed by atoms with van der Waals surface area (Å²) in [6, 6.07) is 11.0. The Morgan fingerprint density at radius 3 is 2.65 bits per heavy atom. The second kappa shape index (κ2) is 6.09. The fraction of sp³-hybridized carbons (Fsp3) is 0.188. The van der Waals surface area contributed by atoms with Gasteiger partial charge in [0.25, 0.3) is 0 Å². The van der Waals surface area contributed by atoms with Gasteiger partial charge >= 0.3 is 0 Å². The van der Waals surface area contributed by atoms with E-state index in [9.17, 15) is 4.79 Å². The largest absolute Gasteiger partial charge is 0.497 e. The summed E-state index contributed by atoms with van der Waals surface area (Å²) in [6.07, 6.45) is 0.306. The van der Waals surface area contributed by atoms with Crippen LogP contribution in [0.3, 0.4) is 0 Å². The number of Topliss-reactive ketones (excluding diaryl/α,β-unsaturated/α-hetero) is 1. The summed E-state index contributed by atoms with van der Waals surface area (Å²) in [4.78, 5) is 12.3. The Bertz CT molecular complexity index is 653. The summed E-state index contributed by atoms with van der Waals surface area (Å²) < 4.78 is 6.07. The fourth-order valence-electron chi connectivity index (χ4n) is 1.90. The Balaban J connectivity index is 2.25. The minimum atomic E-state index is 0.0330. The molecule has 0 aliphatic carbocycles. The van der Waals surface area contributed by atoms with Crippen molar-refractivity contribution in [3.63, 3.8) is 0 Å². The molecule has 0 radical (unpaired) electrons. The van der Waals surface area contributed by atoms with Crippen molar-refractivity contribution in [2.45, 2.75) is 13.3 Å². The second-order valence-corrected chi connectivity index (χ2v) is 5.48. The zero-order chi connectivity index (χ0) is 14.7. The third-order valence-electron chi connectivity index (χ3n) is 3.21. The number of carbonyl (C=O) groups excluding carboxylic acids is 1. The summed E-state index contributed by atoms with van der Waals surface area (Å²) in [5, 5.41) is 0. The molecule has 2 aromatic carbocycles. The molecule has 4 heteroatoms.